The van der Waals surface area contributed by atoms with E-state index in [-0.39, 0.29) is 5.69 Å². The number of hydrogen-bond acceptors (Lipinski definition) is 2. The molecule has 0 spiro atoms. The SMILES string of the molecule is C[NH+]1CCN(c2ccccc2NC(=O)C(F)(F)F)CC1. The molecule has 2 rings (SSSR count). The van der Waals surface area contributed by atoms with Gasteiger partial charge in [-0.25, -0.2) is 0 Å². The van der Waals surface area contributed by atoms with Crippen LogP contribution < -0.4 is 15.1 Å². The van der Waals surface area contributed by atoms with Crippen LogP contribution in [-0.2, 0) is 4.79 Å². The second kappa shape index (κ2) is 5.70. The molecule has 0 aromatic heterocycles. The summed E-state index contributed by atoms with van der Waals surface area (Å²) < 4.78 is 37.0. The van der Waals surface area contributed by atoms with Crippen molar-refractivity contribution in [2.45, 2.75) is 6.18 Å². The third kappa shape index (κ3) is 3.41. The smallest absolute Gasteiger partial charge is 0.359 e. The highest BCUT2D eigenvalue weighted by Crippen LogP contribution is 2.27. The Morgan fingerprint density at radius 1 is 1.25 bits per heavy atom. The van der Waals surface area contributed by atoms with Crippen LogP contribution in [0.4, 0.5) is 24.5 Å². The van der Waals surface area contributed by atoms with Crippen molar-refractivity contribution in [3.8, 4) is 0 Å². The van der Waals surface area contributed by atoms with E-state index in [4.69, 9.17) is 0 Å². The number of para-hydroxylation sites is 2. The summed E-state index contributed by atoms with van der Waals surface area (Å²) in [5, 5.41) is 1.95. The Hall–Kier alpha value is -1.76. The van der Waals surface area contributed by atoms with Gasteiger partial charge in [0, 0.05) is 0 Å². The minimum atomic E-state index is -4.88. The fourth-order valence-corrected chi connectivity index (χ4v) is 2.18. The number of anilines is 2. The molecule has 0 saturated carbocycles. The number of benzene rings is 1. The van der Waals surface area contributed by atoms with E-state index in [1.165, 1.54) is 11.0 Å². The molecule has 1 aromatic carbocycles. The lowest BCUT2D eigenvalue weighted by molar-refractivity contribution is -0.880. The minimum absolute atomic E-state index is 0.203. The largest absolute Gasteiger partial charge is 0.471 e. The summed E-state index contributed by atoms with van der Waals surface area (Å²) in [5.74, 6) is -1.94. The first-order valence-corrected chi connectivity index (χ1v) is 6.41. The number of hydrogen-bond donors (Lipinski definition) is 2. The van der Waals surface area contributed by atoms with Crippen LogP contribution >= 0.6 is 0 Å². The first-order valence-electron chi connectivity index (χ1n) is 6.41. The number of nitrogens with one attached hydrogen (secondary N) is 2. The molecule has 1 aromatic rings. The van der Waals surface area contributed by atoms with Gasteiger partial charge in [0.1, 0.15) is 0 Å². The molecule has 1 aliphatic rings. The van der Waals surface area contributed by atoms with Crippen LogP contribution in [0.2, 0.25) is 0 Å². The van der Waals surface area contributed by atoms with Crippen molar-refractivity contribution in [3.05, 3.63) is 24.3 Å². The number of alkyl halides is 3. The molecular formula is C13H17F3N3O+. The highest BCUT2D eigenvalue weighted by molar-refractivity contribution is 5.97. The Morgan fingerprint density at radius 2 is 1.85 bits per heavy atom. The monoisotopic (exact) mass is 288 g/mol. The third-order valence-electron chi connectivity index (χ3n) is 3.37. The Morgan fingerprint density at radius 3 is 2.45 bits per heavy atom. The molecular weight excluding hydrogens is 271 g/mol. The molecule has 0 radical (unpaired) electrons. The summed E-state index contributed by atoms with van der Waals surface area (Å²) in [4.78, 5) is 14.4. The molecule has 1 saturated heterocycles. The number of halogens is 3. The van der Waals surface area contributed by atoms with E-state index in [0.717, 1.165) is 26.2 Å². The lowest BCUT2D eigenvalue weighted by atomic mass is 10.2. The van der Waals surface area contributed by atoms with Gasteiger partial charge in [0.2, 0.25) is 0 Å². The van der Waals surface area contributed by atoms with E-state index in [2.05, 4.69) is 7.05 Å². The first kappa shape index (κ1) is 14.6. The van der Waals surface area contributed by atoms with E-state index in [1.807, 2.05) is 10.2 Å². The molecule has 110 valence electrons. The average Bonchev–Trinajstić information content (AvgIpc) is 2.39. The van der Waals surface area contributed by atoms with Gasteiger partial charge in [0.25, 0.3) is 0 Å². The number of rotatable bonds is 2. The molecule has 0 unspecified atom stereocenters. The number of carbonyl (C=O) groups is 1. The second-order valence-electron chi connectivity index (χ2n) is 4.91. The maximum Gasteiger partial charge on any atom is 0.471 e. The van der Waals surface area contributed by atoms with Crippen LogP contribution in [0.15, 0.2) is 24.3 Å². The van der Waals surface area contributed by atoms with Crippen LogP contribution in [0.5, 0.6) is 0 Å². The molecule has 0 aliphatic carbocycles. The van der Waals surface area contributed by atoms with Crippen LogP contribution in [-0.4, -0.2) is 45.3 Å². The molecule has 4 nitrogen and oxygen atoms in total. The van der Waals surface area contributed by atoms with E-state index >= 15 is 0 Å². The molecule has 2 N–H and O–H groups in total. The average molecular weight is 288 g/mol. The number of carbonyl (C=O) groups excluding carboxylic acids is 1. The van der Waals surface area contributed by atoms with E-state index in [0.29, 0.717) is 5.69 Å². The highest BCUT2D eigenvalue weighted by Gasteiger charge is 2.39. The van der Waals surface area contributed by atoms with E-state index in [1.54, 1.807) is 18.2 Å². The molecule has 0 bridgehead atoms. The number of likely N-dealkylation sites (N-methyl/N-ethyl adjacent to an activating group) is 1. The second-order valence-corrected chi connectivity index (χ2v) is 4.91. The van der Waals surface area contributed by atoms with Crippen LogP contribution in [0.1, 0.15) is 0 Å². The molecule has 1 heterocycles. The zero-order valence-corrected chi connectivity index (χ0v) is 11.1. The molecule has 20 heavy (non-hydrogen) atoms. The van der Waals surface area contributed by atoms with Gasteiger partial charge in [-0.1, -0.05) is 12.1 Å². The van der Waals surface area contributed by atoms with Crippen molar-refractivity contribution in [2.75, 3.05) is 43.4 Å². The first-order chi connectivity index (χ1) is 9.38. The summed E-state index contributed by atoms with van der Waals surface area (Å²) in [6.45, 7) is 3.35. The molecule has 1 fully saturated rings. The topological polar surface area (TPSA) is 36.8 Å². The van der Waals surface area contributed by atoms with Crippen molar-refractivity contribution >= 4 is 17.3 Å². The summed E-state index contributed by atoms with van der Waals surface area (Å²) in [6, 6.07) is 6.58. The lowest BCUT2D eigenvalue weighted by Crippen LogP contribution is -3.12. The van der Waals surface area contributed by atoms with Gasteiger partial charge < -0.3 is 15.1 Å². The predicted octanol–water partition coefficient (Wildman–Crippen LogP) is 0.522. The van der Waals surface area contributed by atoms with Crippen molar-refractivity contribution in [2.24, 2.45) is 0 Å². The number of amides is 1. The van der Waals surface area contributed by atoms with Crippen molar-refractivity contribution in [3.63, 3.8) is 0 Å². The minimum Gasteiger partial charge on any atom is -0.359 e. The van der Waals surface area contributed by atoms with Crippen LogP contribution in [0, 0.1) is 0 Å². The normalized spacial score (nSPS) is 17.1. The van der Waals surface area contributed by atoms with Gasteiger partial charge in [-0.05, 0) is 12.1 Å². The van der Waals surface area contributed by atoms with Gasteiger partial charge in [-0.2, -0.15) is 13.2 Å². The lowest BCUT2D eigenvalue weighted by Gasteiger charge is -2.33. The Kier molecular flexibility index (Phi) is 4.17. The summed E-state index contributed by atoms with van der Waals surface area (Å²) in [5.41, 5.74) is 0.840. The Labute approximate surface area is 115 Å². The van der Waals surface area contributed by atoms with Gasteiger partial charge in [0.15, 0.2) is 0 Å². The van der Waals surface area contributed by atoms with Gasteiger partial charge in [-0.3, -0.25) is 4.79 Å². The fourth-order valence-electron chi connectivity index (χ4n) is 2.18. The third-order valence-corrected chi connectivity index (χ3v) is 3.37. The Bertz CT molecular complexity index is 482. The number of quaternary nitrogens is 1. The van der Waals surface area contributed by atoms with Crippen LogP contribution in [0.3, 0.4) is 0 Å². The molecule has 0 atom stereocenters. The van der Waals surface area contributed by atoms with Gasteiger partial charge in [-0.15, -0.1) is 0 Å². The molecule has 1 aliphatic heterocycles. The number of nitrogens with zero attached hydrogens (tertiary/aromatic N) is 1. The molecule has 7 heteroatoms. The van der Waals surface area contributed by atoms with E-state index < -0.39 is 12.1 Å². The maximum atomic E-state index is 12.3. The summed E-state index contributed by atoms with van der Waals surface area (Å²) in [6.07, 6.45) is -4.88. The predicted molar refractivity (Wildman–Crippen MR) is 70.0 cm³/mol. The quantitative estimate of drug-likeness (QED) is 0.832. The summed E-state index contributed by atoms with van der Waals surface area (Å²) >= 11 is 0. The van der Waals surface area contributed by atoms with Gasteiger partial charge >= 0.3 is 12.1 Å². The standard InChI is InChI=1S/C13H16F3N3O/c1-18-6-8-19(9-7-18)11-5-3-2-4-10(11)17-12(20)13(14,15)16/h2-5H,6-9H2,1H3,(H,17,20)/p+1. The Balaban J connectivity index is 2.16. The summed E-state index contributed by atoms with van der Waals surface area (Å²) in [7, 11) is 2.08. The highest BCUT2D eigenvalue weighted by atomic mass is 19.4. The van der Waals surface area contributed by atoms with Crippen molar-refractivity contribution < 1.29 is 22.9 Å². The van der Waals surface area contributed by atoms with Crippen molar-refractivity contribution in [1.29, 1.82) is 0 Å². The maximum absolute atomic E-state index is 12.3. The van der Waals surface area contributed by atoms with Crippen molar-refractivity contribution in [1.82, 2.24) is 0 Å². The zero-order chi connectivity index (χ0) is 14.8. The van der Waals surface area contributed by atoms with Gasteiger partial charge in [0.05, 0.1) is 44.6 Å². The zero-order valence-electron chi connectivity index (χ0n) is 11.1. The molecule has 1 amide bonds. The van der Waals surface area contributed by atoms with Crippen LogP contribution in [0.25, 0.3) is 0 Å². The fraction of sp³-hybridized carbons (Fsp3) is 0.462. The van der Waals surface area contributed by atoms with E-state index in [9.17, 15) is 18.0 Å². The number of piperazine rings is 1.